The fraction of sp³-hybridized carbons (Fsp3) is 0. The Balaban J connectivity index is 2.47. The summed E-state index contributed by atoms with van der Waals surface area (Å²) in [7, 11) is 0. The number of ketones is 1. The van der Waals surface area contributed by atoms with Gasteiger partial charge in [0.25, 0.3) is 0 Å². The van der Waals surface area contributed by atoms with E-state index >= 15 is 0 Å². The molecule has 0 amide bonds. The monoisotopic (exact) mass is 356 g/mol. The molecule has 2 aromatic carbocycles. The quantitative estimate of drug-likeness (QED) is 0.719. The fourth-order valence-corrected chi connectivity index (χ4v) is 2.24. The number of halogens is 3. The van der Waals surface area contributed by atoms with Crippen LogP contribution in [0.4, 0.5) is 4.39 Å². The first kappa shape index (κ1) is 12.5. The van der Waals surface area contributed by atoms with E-state index in [1.54, 1.807) is 18.2 Å². The molecule has 17 heavy (non-hydrogen) atoms. The van der Waals surface area contributed by atoms with E-state index in [-0.39, 0.29) is 5.78 Å². The molecular weight excluding hydrogens is 351 g/mol. The van der Waals surface area contributed by atoms with Crippen molar-refractivity contribution < 1.29 is 9.18 Å². The predicted octanol–water partition coefficient (Wildman–Crippen LogP) is 4.58. The molecule has 0 fully saturated rings. The van der Waals surface area contributed by atoms with Gasteiger partial charge in [-0.05, 0) is 30.3 Å². The van der Waals surface area contributed by atoms with Gasteiger partial charge in [-0.15, -0.1) is 0 Å². The van der Waals surface area contributed by atoms with Crippen LogP contribution >= 0.6 is 31.9 Å². The molecule has 0 heterocycles. The van der Waals surface area contributed by atoms with E-state index in [4.69, 9.17) is 0 Å². The third-order valence-electron chi connectivity index (χ3n) is 2.26. The Morgan fingerprint density at radius 2 is 1.82 bits per heavy atom. The van der Waals surface area contributed by atoms with Crippen LogP contribution in [-0.2, 0) is 0 Å². The zero-order valence-corrected chi connectivity index (χ0v) is 11.8. The number of hydrogen-bond donors (Lipinski definition) is 0. The largest absolute Gasteiger partial charge is 0.289 e. The molecule has 0 aliphatic heterocycles. The van der Waals surface area contributed by atoms with E-state index in [1.165, 1.54) is 18.2 Å². The molecule has 0 aromatic heterocycles. The van der Waals surface area contributed by atoms with E-state index in [1.807, 2.05) is 6.07 Å². The van der Waals surface area contributed by atoms with Crippen LogP contribution in [-0.4, -0.2) is 5.78 Å². The number of rotatable bonds is 2. The van der Waals surface area contributed by atoms with Gasteiger partial charge in [-0.2, -0.15) is 0 Å². The SMILES string of the molecule is O=C(c1cccc(F)c1)c1cc(Br)ccc1Br. The topological polar surface area (TPSA) is 17.1 Å². The molecule has 0 radical (unpaired) electrons. The molecule has 0 saturated heterocycles. The van der Waals surface area contributed by atoms with Crippen molar-refractivity contribution in [2.45, 2.75) is 0 Å². The van der Waals surface area contributed by atoms with Crippen molar-refractivity contribution in [3.8, 4) is 0 Å². The molecule has 0 atom stereocenters. The molecule has 2 aromatic rings. The first-order chi connectivity index (χ1) is 8.08. The molecule has 2 rings (SSSR count). The predicted molar refractivity (Wildman–Crippen MR) is 71.7 cm³/mol. The Morgan fingerprint density at radius 3 is 2.53 bits per heavy atom. The normalized spacial score (nSPS) is 10.3. The van der Waals surface area contributed by atoms with Crippen molar-refractivity contribution in [3.63, 3.8) is 0 Å². The van der Waals surface area contributed by atoms with E-state index < -0.39 is 5.82 Å². The second-order valence-electron chi connectivity index (χ2n) is 3.46. The summed E-state index contributed by atoms with van der Waals surface area (Å²) in [4.78, 5) is 12.2. The lowest BCUT2D eigenvalue weighted by molar-refractivity contribution is 0.103. The molecule has 1 nitrogen and oxygen atoms in total. The van der Waals surface area contributed by atoms with Gasteiger partial charge in [0, 0.05) is 20.1 Å². The van der Waals surface area contributed by atoms with Crippen LogP contribution < -0.4 is 0 Å². The number of carbonyl (C=O) groups excluding carboxylic acids is 1. The van der Waals surface area contributed by atoms with Gasteiger partial charge in [0.2, 0.25) is 0 Å². The maximum Gasteiger partial charge on any atom is 0.194 e. The summed E-state index contributed by atoms with van der Waals surface area (Å²) in [5, 5.41) is 0. The van der Waals surface area contributed by atoms with Gasteiger partial charge in [-0.1, -0.05) is 44.0 Å². The van der Waals surface area contributed by atoms with Crippen molar-refractivity contribution in [1.29, 1.82) is 0 Å². The van der Waals surface area contributed by atoms with Crippen molar-refractivity contribution in [2.24, 2.45) is 0 Å². The van der Waals surface area contributed by atoms with Gasteiger partial charge in [-0.25, -0.2) is 4.39 Å². The van der Waals surface area contributed by atoms with Gasteiger partial charge in [-0.3, -0.25) is 4.79 Å². The second kappa shape index (κ2) is 5.10. The molecule has 0 aliphatic carbocycles. The van der Waals surface area contributed by atoms with E-state index in [0.29, 0.717) is 15.6 Å². The minimum absolute atomic E-state index is 0.210. The fourth-order valence-electron chi connectivity index (χ4n) is 1.46. The van der Waals surface area contributed by atoms with Crippen LogP contribution in [0.1, 0.15) is 15.9 Å². The molecule has 0 bridgehead atoms. The minimum Gasteiger partial charge on any atom is -0.289 e. The van der Waals surface area contributed by atoms with Gasteiger partial charge >= 0.3 is 0 Å². The highest BCUT2D eigenvalue weighted by atomic mass is 79.9. The van der Waals surface area contributed by atoms with Crippen molar-refractivity contribution in [1.82, 2.24) is 0 Å². The van der Waals surface area contributed by atoms with Crippen LogP contribution in [0.5, 0.6) is 0 Å². The zero-order valence-electron chi connectivity index (χ0n) is 8.58. The highest BCUT2D eigenvalue weighted by molar-refractivity contribution is 9.11. The Bertz CT molecular complexity index is 581. The molecule has 86 valence electrons. The van der Waals surface area contributed by atoms with Crippen LogP contribution in [0, 0.1) is 5.82 Å². The summed E-state index contributed by atoms with van der Waals surface area (Å²) in [5.41, 5.74) is 0.841. The van der Waals surface area contributed by atoms with E-state index in [9.17, 15) is 9.18 Å². The lowest BCUT2D eigenvalue weighted by Gasteiger charge is -2.04. The standard InChI is InChI=1S/C13H7Br2FO/c14-9-4-5-12(15)11(7-9)13(17)8-2-1-3-10(16)6-8/h1-7H. The molecule has 0 N–H and O–H groups in total. The summed E-state index contributed by atoms with van der Waals surface area (Å²) in [6.45, 7) is 0. The summed E-state index contributed by atoms with van der Waals surface area (Å²) in [6, 6.07) is 11.0. The van der Waals surface area contributed by atoms with E-state index in [2.05, 4.69) is 31.9 Å². The first-order valence-corrected chi connectivity index (χ1v) is 6.42. The summed E-state index contributed by atoms with van der Waals surface area (Å²) in [6.07, 6.45) is 0. The summed E-state index contributed by atoms with van der Waals surface area (Å²) < 4.78 is 14.5. The lowest BCUT2D eigenvalue weighted by Crippen LogP contribution is -2.02. The van der Waals surface area contributed by atoms with Crippen molar-refractivity contribution >= 4 is 37.6 Å². The van der Waals surface area contributed by atoms with Crippen LogP contribution in [0.25, 0.3) is 0 Å². The average Bonchev–Trinajstić information content (AvgIpc) is 2.31. The Hall–Kier alpha value is -1.000. The van der Waals surface area contributed by atoms with E-state index in [0.717, 1.165) is 4.47 Å². The number of hydrogen-bond acceptors (Lipinski definition) is 1. The number of carbonyl (C=O) groups is 1. The van der Waals surface area contributed by atoms with Crippen molar-refractivity contribution in [2.75, 3.05) is 0 Å². The first-order valence-electron chi connectivity index (χ1n) is 4.83. The van der Waals surface area contributed by atoms with Crippen molar-refractivity contribution in [3.05, 3.63) is 68.4 Å². The highest BCUT2D eigenvalue weighted by Crippen LogP contribution is 2.24. The van der Waals surface area contributed by atoms with Crippen LogP contribution in [0.2, 0.25) is 0 Å². The lowest BCUT2D eigenvalue weighted by atomic mass is 10.0. The van der Waals surface area contributed by atoms with Crippen LogP contribution in [0.3, 0.4) is 0 Å². The molecule has 0 unspecified atom stereocenters. The molecule has 0 spiro atoms. The average molecular weight is 358 g/mol. The molecule has 0 aliphatic rings. The molecule has 0 saturated carbocycles. The summed E-state index contributed by atoms with van der Waals surface area (Å²) >= 11 is 6.62. The summed E-state index contributed by atoms with van der Waals surface area (Å²) in [5.74, 6) is -0.625. The second-order valence-corrected chi connectivity index (χ2v) is 5.23. The van der Waals surface area contributed by atoms with Gasteiger partial charge in [0.1, 0.15) is 5.82 Å². The minimum atomic E-state index is -0.415. The third kappa shape index (κ3) is 2.82. The Kier molecular flexibility index (Phi) is 3.74. The highest BCUT2D eigenvalue weighted by Gasteiger charge is 2.13. The third-order valence-corrected chi connectivity index (χ3v) is 3.44. The number of benzene rings is 2. The van der Waals surface area contributed by atoms with Gasteiger partial charge in [0.15, 0.2) is 5.78 Å². The van der Waals surface area contributed by atoms with Gasteiger partial charge < -0.3 is 0 Å². The van der Waals surface area contributed by atoms with Gasteiger partial charge in [0.05, 0.1) is 0 Å². The smallest absolute Gasteiger partial charge is 0.194 e. The maximum absolute atomic E-state index is 13.0. The van der Waals surface area contributed by atoms with Crippen LogP contribution in [0.15, 0.2) is 51.4 Å². The molecular formula is C13H7Br2FO. The maximum atomic E-state index is 13.0. The Labute approximate surface area is 115 Å². The zero-order chi connectivity index (χ0) is 12.4. The Morgan fingerprint density at radius 1 is 1.06 bits per heavy atom. The molecule has 4 heteroatoms.